The van der Waals surface area contributed by atoms with Crippen LogP contribution in [0.25, 0.3) is 0 Å². The smallest absolute Gasteiger partial charge is 0.309 e. The third-order valence-electron chi connectivity index (χ3n) is 2.18. The molecule has 0 aliphatic heterocycles. The number of carbonyl (C=O) groups is 1. The molecule has 0 amide bonds. The first-order valence-electron chi connectivity index (χ1n) is 4.60. The maximum atomic E-state index is 11.2. The lowest BCUT2D eigenvalue weighted by Crippen LogP contribution is -2.06. The van der Waals surface area contributed by atoms with E-state index < -0.39 is 0 Å². The minimum Gasteiger partial charge on any atom is -0.495 e. The van der Waals surface area contributed by atoms with Crippen molar-refractivity contribution in [1.29, 1.82) is 0 Å². The molecule has 3 nitrogen and oxygen atoms in total. The van der Waals surface area contributed by atoms with Crippen molar-refractivity contribution in [3.63, 3.8) is 0 Å². The first-order valence-corrected chi connectivity index (χ1v) is 6.10. The highest BCUT2D eigenvalue weighted by molar-refractivity contribution is 9.08. The number of hydrogen-bond donors (Lipinski definition) is 0. The second kappa shape index (κ2) is 6.11. The number of esters is 1. The number of carbonyl (C=O) groups excluding carboxylic acids is 1. The lowest BCUT2D eigenvalue weighted by atomic mass is 10.1. The van der Waals surface area contributed by atoms with Crippen molar-refractivity contribution in [2.45, 2.75) is 11.8 Å². The van der Waals surface area contributed by atoms with Gasteiger partial charge in [0.2, 0.25) is 0 Å². The van der Waals surface area contributed by atoms with Gasteiger partial charge < -0.3 is 9.47 Å². The molecule has 0 bridgehead atoms. The zero-order chi connectivity index (χ0) is 12.1. The Balaban J connectivity index is 3.08. The second-order valence-electron chi connectivity index (χ2n) is 3.14. The molecule has 0 aliphatic rings. The molecule has 1 rings (SSSR count). The van der Waals surface area contributed by atoms with Crippen LogP contribution in [0.3, 0.4) is 0 Å². The number of methoxy groups -OCH3 is 2. The third kappa shape index (κ3) is 3.12. The Morgan fingerprint density at radius 3 is 2.56 bits per heavy atom. The third-order valence-corrected chi connectivity index (χ3v) is 3.08. The number of alkyl halides is 1. The van der Waals surface area contributed by atoms with Crippen molar-refractivity contribution in [3.05, 3.63) is 28.3 Å². The van der Waals surface area contributed by atoms with Gasteiger partial charge in [0.15, 0.2) is 0 Å². The summed E-state index contributed by atoms with van der Waals surface area (Å²) < 4.78 is 9.73. The van der Waals surface area contributed by atoms with E-state index in [1.165, 1.54) is 7.11 Å². The lowest BCUT2D eigenvalue weighted by Gasteiger charge is -2.10. The van der Waals surface area contributed by atoms with Gasteiger partial charge in [-0.3, -0.25) is 4.79 Å². The highest BCUT2D eigenvalue weighted by Gasteiger charge is 2.11. The van der Waals surface area contributed by atoms with Crippen LogP contribution in [0.4, 0.5) is 0 Å². The average Bonchev–Trinajstić information content (AvgIpc) is 2.29. The normalized spacial score (nSPS) is 10.0. The molecule has 5 heteroatoms. The molecule has 0 fully saturated rings. The molecular formula is C11H12BrClO3. The van der Waals surface area contributed by atoms with Gasteiger partial charge in [0, 0.05) is 5.33 Å². The highest BCUT2D eigenvalue weighted by atomic mass is 79.9. The van der Waals surface area contributed by atoms with Crippen molar-refractivity contribution in [2.24, 2.45) is 0 Å². The summed E-state index contributed by atoms with van der Waals surface area (Å²) in [6, 6.07) is 3.54. The Bertz CT molecular complexity index is 393. The fourth-order valence-corrected chi connectivity index (χ4v) is 2.10. The van der Waals surface area contributed by atoms with Crippen LogP contribution in [0.5, 0.6) is 5.75 Å². The van der Waals surface area contributed by atoms with Crippen LogP contribution in [0.2, 0.25) is 5.02 Å². The van der Waals surface area contributed by atoms with E-state index >= 15 is 0 Å². The number of benzene rings is 1. The lowest BCUT2D eigenvalue weighted by molar-refractivity contribution is -0.139. The summed E-state index contributed by atoms with van der Waals surface area (Å²) in [4.78, 5) is 11.2. The second-order valence-corrected chi connectivity index (χ2v) is 4.11. The standard InChI is InChI=1S/C11H12BrClO3/c1-15-10-4-8(6-12)7(3-9(10)13)5-11(14)16-2/h3-4H,5-6H2,1-2H3. The molecule has 0 spiro atoms. The molecule has 88 valence electrons. The largest absolute Gasteiger partial charge is 0.495 e. The van der Waals surface area contributed by atoms with E-state index in [0.29, 0.717) is 16.1 Å². The van der Waals surface area contributed by atoms with Gasteiger partial charge in [-0.2, -0.15) is 0 Å². The minimum atomic E-state index is -0.288. The Morgan fingerprint density at radius 2 is 2.06 bits per heavy atom. The average molecular weight is 308 g/mol. The van der Waals surface area contributed by atoms with Crippen LogP contribution in [0.15, 0.2) is 12.1 Å². The van der Waals surface area contributed by atoms with Gasteiger partial charge in [0.25, 0.3) is 0 Å². The summed E-state index contributed by atoms with van der Waals surface area (Å²) >= 11 is 9.35. The molecule has 0 unspecified atom stereocenters. The first kappa shape index (κ1) is 13.3. The summed E-state index contributed by atoms with van der Waals surface area (Å²) in [5, 5.41) is 1.12. The maximum absolute atomic E-state index is 11.2. The first-order chi connectivity index (χ1) is 7.62. The van der Waals surface area contributed by atoms with Crippen LogP contribution in [0, 0.1) is 0 Å². The zero-order valence-electron chi connectivity index (χ0n) is 9.05. The van der Waals surface area contributed by atoms with Crippen molar-refractivity contribution < 1.29 is 14.3 Å². The van der Waals surface area contributed by atoms with Gasteiger partial charge in [-0.15, -0.1) is 0 Å². The van der Waals surface area contributed by atoms with E-state index in [0.717, 1.165) is 11.1 Å². The Labute approximate surface area is 108 Å². The summed E-state index contributed by atoms with van der Waals surface area (Å²) in [6.07, 6.45) is 0.209. The molecular weight excluding hydrogens is 295 g/mol. The van der Waals surface area contributed by atoms with E-state index in [4.69, 9.17) is 16.3 Å². The van der Waals surface area contributed by atoms with Crippen LogP contribution in [-0.2, 0) is 21.3 Å². The summed E-state index contributed by atoms with van der Waals surface area (Å²) in [5.74, 6) is 0.313. The van der Waals surface area contributed by atoms with E-state index in [1.54, 1.807) is 13.2 Å². The van der Waals surface area contributed by atoms with Gasteiger partial charge in [0.05, 0.1) is 25.7 Å². The summed E-state index contributed by atoms with van der Waals surface area (Å²) in [7, 11) is 2.92. The molecule has 1 aromatic rings. The summed E-state index contributed by atoms with van der Waals surface area (Å²) in [5.41, 5.74) is 1.81. The Kier molecular flexibility index (Phi) is 5.09. The van der Waals surface area contributed by atoms with Crippen molar-refractivity contribution in [1.82, 2.24) is 0 Å². The fraction of sp³-hybridized carbons (Fsp3) is 0.364. The fourth-order valence-electron chi connectivity index (χ4n) is 1.31. The van der Waals surface area contributed by atoms with Gasteiger partial charge in [-0.1, -0.05) is 27.5 Å². The molecule has 16 heavy (non-hydrogen) atoms. The molecule has 0 saturated carbocycles. The van der Waals surface area contributed by atoms with E-state index in [-0.39, 0.29) is 12.4 Å². The number of halogens is 2. The van der Waals surface area contributed by atoms with E-state index in [2.05, 4.69) is 20.7 Å². The minimum absolute atomic E-state index is 0.209. The molecule has 0 saturated heterocycles. The van der Waals surface area contributed by atoms with Gasteiger partial charge in [0.1, 0.15) is 5.75 Å². The predicted molar refractivity (Wildman–Crippen MR) is 66.4 cm³/mol. The van der Waals surface area contributed by atoms with Crippen LogP contribution >= 0.6 is 27.5 Å². The van der Waals surface area contributed by atoms with E-state index in [1.807, 2.05) is 6.07 Å². The molecule has 0 radical (unpaired) electrons. The number of hydrogen-bond acceptors (Lipinski definition) is 3. The highest BCUT2D eigenvalue weighted by Crippen LogP contribution is 2.29. The van der Waals surface area contributed by atoms with Crippen molar-refractivity contribution in [3.8, 4) is 5.75 Å². The molecule has 0 aromatic heterocycles. The van der Waals surface area contributed by atoms with Crippen LogP contribution < -0.4 is 4.74 Å². The van der Waals surface area contributed by atoms with Gasteiger partial charge >= 0.3 is 5.97 Å². The van der Waals surface area contributed by atoms with E-state index in [9.17, 15) is 4.79 Å². The number of ether oxygens (including phenoxy) is 2. The van der Waals surface area contributed by atoms with Crippen molar-refractivity contribution in [2.75, 3.05) is 14.2 Å². The van der Waals surface area contributed by atoms with Gasteiger partial charge in [-0.05, 0) is 23.3 Å². The quantitative estimate of drug-likeness (QED) is 0.634. The molecule has 0 atom stereocenters. The van der Waals surface area contributed by atoms with Crippen LogP contribution in [-0.4, -0.2) is 20.2 Å². The Hall–Kier alpha value is -0.740. The SMILES string of the molecule is COC(=O)Cc1cc(Cl)c(OC)cc1CBr. The maximum Gasteiger partial charge on any atom is 0.309 e. The van der Waals surface area contributed by atoms with Crippen LogP contribution in [0.1, 0.15) is 11.1 Å². The zero-order valence-corrected chi connectivity index (χ0v) is 11.4. The molecule has 0 heterocycles. The molecule has 1 aromatic carbocycles. The van der Waals surface area contributed by atoms with Crippen molar-refractivity contribution >= 4 is 33.5 Å². The monoisotopic (exact) mass is 306 g/mol. The molecule has 0 N–H and O–H groups in total. The Morgan fingerprint density at radius 1 is 1.38 bits per heavy atom. The van der Waals surface area contributed by atoms with Gasteiger partial charge in [-0.25, -0.2) is 0 Å². The topological polar surface area (TPSA) is 35.5 Å². The number of rotatable bonds is 4. The molecule has 0 aliphatic carbocycles. The summed E-state index contributed by atoms with van der Waals surface area (Å²) in [6.45, 7) is 0. The predicted octanol–water partition coefficient (Wildman–Crippen LogP) is 2.96.